The van der Waals surface area contributed by atoms with Crippen LogP contribution in [0.2, 0.25) is 0 Å². The molecule has 0 atom stereocenters. The van der Waals surface area contributed by atoms with Crippen molar-refractivity contribution >= 4 is 16.9 Å². The Bertz CT molecular complexity index is 2070. The van der Waals surface area contributed by atoms with Crippen molar-refractivity contribution in [2.45, 2.75) is 363 Å². The topological polar surface area (TPSA) is 40.1 Å². The number of hydrogen-bond acceptors (Lipinski definition) is 2. The second-order valence-electron chi connectivity index (χ2n) is 28.2. The molecule has 0 unspecified atom stereocenters. The van der Waals surface area contributed by atoms with E-state index < -0.39 is 12.1 Å². The van der Waals surface area contributed by atoms with E-state index in [-0.39, 0.29) is 10.9 Å². The van der Waals surface area contributed by atoms with E-state index in [1.54, 1.807) is 0 Å². The summed E-state index contributed by atoms with van der Waals surface area (Å²) in [6, 6.07) is 18.3. The number of benzene rings is 3. The maximum atomic E-state index is 10.5. The molecule has 3 aromatic rings. The summed E-state index contributed by atoms with van der Waals surface area (Å²) in [6.45, 7) is 0. The highest BCUT2D eigenvalue weighted by atomic mass is 32.2. The number of hydrogen-bond donors (Lipinski definition) is 0. The van der Waals surface area contributed by atoms with Gasteiger partial charge in [-0.3, -0.25) is 0 Å². The summed E-state index contributed by atoms with van der Waals surface area (Å²) in [5.41, 5.74) is 17.1. The Morgan fingerprint density at radius 3 is 0.562 bits per heavy atom. The van der Waals surface area contributed by atoms with Crippen LogP contribution in [-0.2, 0) is 15.7 Å². The zero-order valence-corrected chi connectivity index (χ0v) is 50.7. The van der Waals surface area contributed by atoms with Gasteiger partial charge in [-0.15, -0.1) is 0 Å². The zero-order valence-electron chi connectivity index (χ0n) is 49.8. The van der Waals surface area contributed by atoms with Gasteiger partial charge >= 0.3 is 6.18 Å². The van der Waals surface area contributed by atoms with Crippen molar-refractivity contribution in [2.24, 2.45) is 0 Å². The maximum absolute atomic E-state index is 10.5. The van der Waals surface area contributed by atoms with Crippen molar-refractivity contribution < 1.29 is 23.1 Å². The van der Waals surface area contributed by atoms with Gasteiger partial charge in [-0.2, -0.15) is 13.2 Å². The third-order valence-electron chi connectivity index (χ3n) is 22.8. The SMILES string of the molecule is O=C([O-])C(F)(F)F.c1c(C2CCCCC2)cc(C2CCCCC2)c([S+](c2c(C3CCCCC3)cc(C3CCCCC3)cc2C2CCCCC2)c2c(C3CCCCC3)cc(C3CCCCC3)cc2C2CCCCC2)c1C1CCCCC1. The van der Waals surface area contributed by atoms with Crippen LogP contribution in [0.5, 0.6) is 0 Å². The fourth-order valence-corrected chi connectivity index (χ4v) is 21.8. The molecular weight excluding hydrogens is 1010 g/mol. The van der Waals surface area contributed by atoms with Crippen LogP contribution in [0, 0.1) is 0 Å². The van der Waals surface area contributed by atoms with Crippen LogP contribution >= 0.6 is 0 Å². The third-order valence-corrected chi connectivity index (χ3v) is 25.5. The normalized spacial score (nSPS) is 24.2. The molecule has 9 saturated carbocycles. The first-order valence-electron chi connectivity index (χ1n) is 34.7. The highest BCUT2D eigenvalue weighted by Crippen LogP contribution is 2.58. The number of rotatable bonds is 12. The van der Waals surface area contributed by atoms with Crippen LogP contribution in [0.25, 0.3) is 0 Å². The average Bonchev–Trinajstić information content (AvgIpc) is 3.60. The second kappa shape index (κ2) is 28.4. The van der Waals surface area contributed by atoms with E-state index in [2.05, 4.69) is 36.4 Å². The lowest BCUT2D eigenvalue weighted by Gasteiger charge is -2.36. The Morgan fingerprint density at radius 2 is 0.425 bits per heavy atom. The lowest BCUT2D eigenvalue weighted by atomic mass is 9.75. The standard InChI is InChI=1S/C72H105S.C2HF3O2/c1-10-28-52(29-11-1)61-46-64(55-34-16-4-17-35-55)70(65(47-61)56-36-18-5-19-37-56)73(71-66(57-38-20-6-21-39-57)48-62(53-30-12-2-13-31-53)49-67(71)58-40-22-7-23-41-58)72-68(59-42-24-8-25-43-59)50-63(54-32-14-3-15-33-54)51-69(72)60-44-26-9-27-45-60;3-2(4,5)1(6)7/h46-60H,1-45H2;(H,6,7)/q+1;/p-1. The molecule has 9 aliphatic carbocycles. The molecule has 0 N–H and O–H groups in total. The molecule has 0 radical (unpaired) electrons. The number of carbonyl (C=O) groups excluding carboxylic acids is 1. The third kappa shape index (κ3) is 14.2. The summed E-state index contributed by atoms with van der Waals surface area (Å²) < 4.78 is 31.5. The van der Waals surface area contributed by atoms with Crippen molar-refractivity contribution in [1.82, 2.24) is 0 Å². The molecule has 3 aromatic carbocycles. The predicted molar refractivity (Wildman–Crippen MR) is 325 cm³/mol. The summed E-state index contributed by atoms with van der Waals surface area (Å²) in [4.78, 5) is 14.8. The highest BCUT2D eigenvalue weighted by molar-refractivity contribution is 7.97. The van der Waals surface area contributed by atoms with E-state index in [4.69, 9.17) is 9.90 Å². The minimum absolute atomic E-state index is 0.134. The van der Waals surface area contributed by atoms with Gasteiger partial charge in [0.1, 0.15) is 16.9 Å². The highest BCUT2D eigenvalue weighted by Gasteiger charge is 2.49. The van der Waals surface area contributed by atoms with Gasteiger partial charge in [0, 0.05) is 33.4 Å². The van der Waals surface area contributed by atoms with Gasteiger partial charge in [0.2, 0.25) is 0 Å². The van der Waals surface area contributed by atoms with Crippen LogP contribution in [0.15, 0.2) is 51.1 Å². The van der Waals surface area contributed by atoms with Crippen LogP contribution in [0.3, 0.4) is 0 Å². The molecule has 0 amide bonds. The van der Waals surface area contributed by atoms with Gasteiger partial charge in [0.15, 0.2) is 14.7 Å². The fourth-order valence-electron chi connectivity index (χ4n) is 18.4. The van der Waals surface area contributed by atoms with E-state index in [1.807, 2.05) is 64.8 Å². The van der Waals surface area contributed by atoms with E-state index in [0.717, 1.165) is 53.3 Å². The summed E-state index contributed by atoms with van der Waals surface area (Å²) >= 11 is 0. The smallest absolute Gasteiger partial charge is 0.430 e. The second-order valence-corrected chi connectivity index (χ2v) is 30.0. The van der Waals surface area contributed by atoms with Crippen LogP contribution < -0.4 is 5.11 Å². The van der Waals surface area contributed by atoms with Crippen molar-refractivity contribution in [3.05, 3.63) is 86.5 Å². The molecule has 0 aliphatic heterocycles. The molecule has 0 saturated heterocycles. The first kappa shape index (κ1) is 59.0. The van der Waals surface area contributed by atoms with E-state index in [9.17, 15) is 13.2 Å². The molecule has 80 heavy (non-hydrogen) atoms. The van der Waals surface area contributed by atoms with Crippen molar-refractivity contribution in [3.63, 3.8) is 0 Å². The van der Waals surface area contributed by atoms with E-state index >= 15 is 0 Å². The summed E-state index contributed by atoms with van der Waals surface area (Å²) in [7, 11) is -0.134. The number of halogens is 3. The molecular formula is C74H105F3O2S. The Hall–Kier alpha value is -2.73. The number of carboxylic acids is 1. The largest absolute Gasteiger partial charge is 0.542 e. The predicted octanol–water partition coefficient (Wildman–Crippen LogP) is 22.5. The van der Waals surface area contributed by atoms with Gasteiger partial charge in [-0.1, -0.05) is 210 Å². The van der Waals surface area contributed by atoms with Gasteiger partial charge in [0.05, 0.1) is 0 Å². The monoisotopic (exact) mass is 1110 g/mol. The zero-order chi connectivity index (χ0) is 54.8. The Balaban J connectivity index is 0.000000906. The van der Waals surface area contributed by atoms with Crippen LogP contribution in [0.1, 0.15) is 392 Å². The molecule has 0 bridgehead atoms. The fraction of sp³-hybridized carbons (Fsp3) is 0.743. The molecule has 6 heteroatoms. The van der Waals surface area contributed by atoms with Gasteiger partial charge in [0.25, 0.3) is 0 Å². The van der Waals surface area contributed by atoms with Gasteiger partial charge in [-0.25, -0.2) is 0 Å². The minimum atomic E-state index is -5.19. The Kier molecular flexibility index (Phi) is 21.0. The lowest BCUT2D eigenvalue weighted by Crippen LogP contribution is -2.37. The Labute approximate surface area is 486 Å². The quantitative estimate of drug-likeness (QED) is 0.170. The molecule has 9 aliphatic rings. The molecule has 440 valence electrons. The van der Waals surface area contributed by atoms with Crippen molar-refractivity contribution in [2.75, 3.05) is 0 Å². The number of carboxylic acid groups (broad SMARTS) is 1. The molecule has 0 heterocycles. The van der Waals surface area contributed by atoms with Crippen molar-refractivity contribution in [1.29, 1.82) is 0 Å². The summed E-state index contributed by atoms with van der Waals surface area (Å²) in [6.07, 6.45) is 59.6. The van der Waals surface area contributed by atoms with E-state index in [1.165, 1.54) is 289 Å². The lowest BCUT2D eigenvalue weighted by molar-refractivity contribution is -0.344. The van der Waals surface area contributed by atoms with E-state index in [0.29, 0.717) is 0 Å². The maximum Gasteiger partial charge on any atom is 0.430 e. The summed E-state index contributed by atoms with van der Waals surface area (Å²) in [5, 5.41) is 8.78. The van der Waals surface area contributed by atoms with Crippen molar-refractivity contribution in [3.8, 4) is 0 Å². The number of carbonyl (C=O) groups is 1. The van der Waals surface area contributed by atoms with Gasteiger partial charge in [-0.05, 0) is 186 Å². The first-order valence-corrected chi connectivity index (χ1v) is 36.0. The molecule has 0 aromatic heterocycles. The Morgan fingerprint density at radius 1 is 0.287 bits per heavy atom. The van der Waals surface area contributed by atoms with Crippen LogP contribution in [0.4, 0.5) is 13.2 Å². The van der Waals surface area contributed by atoms with Crippen LogP contribution in [-0.4, -0.2) is 12.1 Å². The molecule has 0 spiro atoms. The number of alkyl halides is 3. The summed E-state index contributed by atoms with van der Waals surface area (Å²) in [5.74, 6) is 3.63. The molecule has 12 rings (SSSR count). The molecule has 9 fully saturated rings. The first-order chi connectivity index (χ1) is 39.2. The molecule has 2 nitrogen and oxygen atoms in total. The van der Waals surface area contributed by atoms with Gasteiger partial charge < -0.3 is 9.90 Å². The number of aliphatic carboxylic acids is 1. The minimum Gasteiger partial charge on any atom is -0.542 e. The average molecular weight is 1120 g/mol.